The largest absolute Gasteiger partial charge is 0.464 e. The number of aryl methyl sites for hydroxylation is 1. The van der Waals surface area contributed by atoms with E-state index in [2.05, 4.69) is 25.6 Å². The molecule has 0 spiro atoms. The highest BCUT2D eigenvalue weighted by Gasteiger charge is 2.28. The van der Waals surface area contributed by atoms with Gasteiger partial charge in [0.25, 0.3) is 5.91 Å². The number of carbonyl (C=O) groups excluding carboxylic acids is 2. The van der Waals surface area contributed by atoms with Gasteiger partial charge in [-0.05, 0) is 56.5 Å². The summed E-state index contributed by atoms with van der Waals surface area (Å²) in [6.07, 6.45) is 3.97. The number of hydrogen-bond acceptors (Lipinski definition) is 7. The van der Waals surface area contributed by atoms with E-state index < -0.39 is 17.9 Å². The van der Waals surface area contributed by atoms with Crippen molar-refractivity contribution in [2.24, 2.45) is 16.5 Å². The molecule has 1 heterocycles. The second-order valence-corrected chi connectivity index (χ2v) is 10.1. The van der Waals surface area contributed by atoms with Crippen molar-refractivity contribution in [2.45, 2.75) is 64.1 Å². The molecule has 1 aliphatic carbocycles. The number of halogens is 1. The number of guanidine groups is 1. The molecule has 0 saturated heterocycles. The number of anilines is 1. The summed E-state index contributed by atoms with van der Waals surface area (Å²) in [6.45, 7) is 3.88. The average Bonchev–Trinajstić information content (AvgIpc) is 2.90. The van der Waals surface area contributed by atoms with E-state index in [1.807, 2.05) is 25.1 Å². The highest BCUT2D eigenvalue weighted by molar-refractivity contribution is 6.30. The Morgan fingerprint density at radius 3 is 2.59 bits per heavy atom. The van der Waals surface area contributed by atoms with Gasteiger partial charge in [-0.25, -0.2) is 19.8 Å². The molecule has 1 aromatic heterocycles. The lowest BCUT2D eigenvalue weighted by atomic mass is 9.90. The van der Waals surface area contributed by atoms with Crippen molar-refractivity contribution in [1.82, 2.24) is 15.3 Å². The van der Waals surface area contributed by atoms with Crippen molar-refractivity contribution < 1.29 is 14.3 Å². The molecule has 2 aromatic carbocycles. The Morgan fingerprint density at radius 1 is 1.13 bits per heavy atom. The molecule has 0 radical (unpaired) electrons. The molecule has 3 atom stereocenters. The number of amides is 1. The molecule has 1 aliphatic rings. The van der Waals surface area contributed by atoms with Crippen LogP contribution in [0.25, 0.3) is 10.9 Å². The fraction of sp³-hybridized carbons (Fsp3) is 0.393. The van der Waals surface area contributed by atoms with Crippen molar-refractivity contribution in [2.75, 3.05) is 11.9 Å². The summed E-state index contributed by atoms with van der Waals surface area (Å²) in [5.74, 6) is -0.631. The van der Waals surface area contributed by atoms with Crippen LogP contribution >= 0.6 is 11.6 Å². The van der Waals surface area contributed by atoms with E-state index in [0.717, 1.165) is 42.2 Å². The number of aromatic nitrogens is 2. The third kappa shape index (κ3) is 7.35. The maximum Gasteiger partial charge on any atom is 0.328 e. The van der Waals surface area contributed by atoms with E-state index in [9.17, 15) is 9.59 Å². The molecular weight excluding hydrogens is 518 g/mol. The minimum atomic E-state index is -0.933. The Bertz CT molecular complexity index is 1360. The zero-order chi connectivity index (χ0) is 27.9. The van der Waals surface area contributed by atoms with E-state index in [1.54, 1.807) is 31.2 Å². The maximum absolute atomic E-state index is 13.4. The quantitative estimate of drug-likeness (QED) is 0.179. The Hall–Kier alpha value is -3.92. The van der Waals surface area contributed by atoms with Crippen LogP contribution in [0, 0.1) is 6.92 Å². The van der Waals surface area contributed by atoms with Gasteiger partial charge in [-0.15, -0.1) is 0 Å². The average molecular weight is 552 g/mol. The normalized spacial score (nSPS) is 17.7. The van der Waals surface area contributed by atoms with Crippen molar-refractivity contribution in [3.8, 4) is 0 Å². The second-order valence-electron chi connectivity index (χ2n) is 9.68. The first-order valence-corrected chi connectivity index (χ1v) is 13.5. The second kappa shape index (κ2) is 12.8. The van der Waals surface area contributed by atoms with Crippen LogP contribution in [0.3, 0.4) is 0 Å². The number of esters is 1. The van der Waals surface area contributed by atoms with Crippen molar-refractivity contribution >= 4 is 46.2 Å². The summed E-state index contributed by atoms with van der Waals surface area (Å²) in [4.78, 5) is 39.7. The van der Waals surface area contributed by atoms with Gasteiger partial charge in [0.1, 0.15) is 11.9 Å². The summed E-state index contributed by atoms with van der Waals surface area (Å²) in [5, 5.41) is 7.62. The van der Waals surface area contributed by atoms with Crippen LogP contribution in [0.1, 0.15) is 54.4 Å². The first-order chi connectivity index (χ1) is 18.7. The molecule has 6 N–H and O–H groups in total. The molecular formula is C28H34ClN7O3. The van der Waals surface area contributed by atoms with Gasteiger partial charge in [-0.1, -0.05) is 48.2 Å². The molecule has 1 fully saturated rings. The van der Waals surface area contributed by atoms with Gasteiger partial charge in [-0.2, -0.15) is 0 Å². The molecule has 0 bridgehead atoms. The Balaban J connectivity index is 1.65. The number of rotatable bonds is 9. The molecule has 11 heteroatoms. The molecule has 10 nitrogen and oxygen atoms in total. The minimum Gasteiger partial charge on any atom is -0.464 e. The minimum absolute atomic E-state index is 0.0443. The zero-order valence-corrected chi connectivity index (χ0v) is 22.9. The molecule has 3 aromatic rings. The van der Waals surface area contributed by atoms with E-state index in [-0.39, 0.29) is 36.9 Å². The smallest absolute Gasteiger partial charge is 0.328 e. The topological polar surface area (TPSA) is 158 Å². The van der Waals surface area contributed by atoms with Crippen LogP contribution in [-0.4, -0.2) is 52.5 Å². The third-order valence-electron chi connectivity index (χ3n) is 6.65. The molecule has 4 rings (SSSR count). The number of carbonyl (C=O) groups is 2. The van der Waals surface area contributed by atoms with E-state index in [0.29, 0.717) is 16.4 Å². The fourth-order valence-electron chi connectivity index (χ4n) is 4.77. The van der Waals surface area contributed by atoms with Gasteiger partial charge >= 0.3 is 5.97 Å². The summed E-state index contributed by atoms with van der Waals surface area (Å²) in [5.41, 5.74) is 13.8. The van der Waals surface area contributed by atoms with Gasteiger partial charge in [0.2, 0.25) is 5.82 Å². The zero-order valence-electron chi connectivity index (χ0n) is 22.1. The SMILES string of the molecule is CCOC(=O)[C@H](Cc1ccc(Cl)cc1)NC(=O)c1nc(NC2CCCCC2N=C(N)N)c2cc(C)ccc2n1. The summed E-state index contributed by atoms with van der Waals surface area (Å²) >= 11 is 6.00. The number of hydrogen-bond donors (Lipinski definition) is 4. The number of benzene rings is 2. The first-order valence-electron chi connectivity index (χ1n) is 13.1. The monoisotopic (exact) mass is 551 g/mol. The lowest BCUT2D eigenvalue weighted by Gasteiger charge is -2.30. The highest BCUT2D eigenvalue weighted by Crippen LogP contribution is 2.28. The number of nitrogens with one attached hydrogen (secondary N) is 2. The van der Waals surface area contributed by atoms with Crippen molar-refractivity contribution in [3.63, 3.8) is 0 Å². The number of aliphatic imine (C=N–C) groups is 1. The van der Waals surface area contributed by atoms with Gasteiger partial charge in [-0.3, -0.25) is 4.79 Å². The molecule has 39 heavy (non-hydrogen) atoms. The summed E-state index contributed by atoms with van der Waals surface area (Å²) in [7, 11) is 0. The van der Waals surface area contributed by atoms with Crippen LogP contribution < -0.4 is 22.1 Å². The van der Waals surface area contributed by atoms with E-state index in [1.165, 1.54) is 0 Å². The van der Waals surface area contributed by atoms with Gasteiger partial charge in [0.05, 0.1) is 24.2 Å². The fourth-order valence-corrected chi connectivity index (χ4v) is 4.90. The molecule has 206 valence electrons. The standard InChI is InChI=1S/C28H34ClN7O3/c1-3-39-27(38)23(15-17-9-11-18(29)12-10-17)34-26(37)25-32-20-13-8-16(2)14-19(20)24(36-25)33-21-6-4-5-7-22(21)35-28(30)31/h8-14,21-23H,3-7,15H2,1-2H3,(H,34,37)(H4,30,31,35)(H,32,33,36)/t21?,22?,23-/m0/s1. The molecule has 0 aliphatic heterocycles. The van der Waals surface area contributed by atoms with Crippen LogP contribution in [0.15, 0.2) is 47.5 Å². The predicted octanol–water partition coefficient (Wildman–Crippen LogP) is 3.49. The molecule has 1 amide bonds. The van der Waals surface area contributed by atoms with Crippen molar-refractivity contribution in [1.29, 1.82) is 0 Å². The van der Waals surface area contributed by atoms with Gasteiger partial charge in [0, 0.05) is 16.8 Å². The summed E-state index contributed by atoms with van der Waals surface area (Å²) in [6, 6.07) is 11.7. The number of nitrogens with zero attached hydrogens (tertiary/aromatic N) is 3. The van der Waals surface area contributed by atoms with Gasteiger partial charge in [0.15, 0.2) is 5.96 Å². The lowest BCUT2D eigenvalue weighted by Crippen LogP contribution is -2.44. The number of ether oxygens (including phenoxy) is 1. The summed E-state index contributed by atoms with van der Waals surface area (Å²) < 4.78 is 5.22. The predicted molar refractivity (Wildman–Crippen MR) is 153 cm³/mol. The van der Waals surface area contributed by atoms with E-state index >= 15 is 0 Å². The van der Waals surface area contributed by atoms with Crippen LogP contribution in [0.2, 0.25) is 5.02 Å². The lowest BCUT2D eigenvalue weighted by molar-refractivity contribution is -0.145. The van der Waals surface area contributed by atoms with Crippen LogP contribution in [0.4, 0.5) is 5.82 Å². The highest BCUT2D eigenvalue weighted by atomic mass is 35.5. The Labute approximate surface area is 232 Å². The van der Waals surface area contributed by atoms with Gasteiger partial charge < -0.3 is 26.8 Å². The first kappa shape index (κ1) is 28.1. The number of fused-ring (bicyclic) bond motifs is 1. The van der Waals surface area contributed by atoms with Crippen LogP contribution in [0.5, 0.6) is 0 Å². The maximum atomic E-state index is 13.4. The Kier molecular flexibility index (Phi) is 9.19. The van der Waals surface area contributed by atoms with E-state index in [4.69, 9.17) is 27.8 Å². The van der Waals surface area contributed by atoms with Crippen molar-refractivity contribution in [3.05, 3.63) is 64.4 Å². The molecule has 2 unspecified atom stereocenters. The number of nitrogens with two attached hydrogens (primary N) is 2. The Morgan fingerprint density at radius 2 is 1.87 bits per heavy atom. The molecule has 1 saturated carbocycles. The van der Waals surface area contributed by atoms with Crippen LogP contribution in [-0.2, 0) is 16.0 Å². The third-order valence-corrected chi connectivity index (χ3v) is 6.90.